The third-order valence-corrected chi connectivity index (χ3v) is 6.02. The number of aliphatic hydroxyl groups is 1. The van der Waals surface area contributed by atoms with E-state index in [2.05, 4.69) is 13.8 Å². The van der Waals surface area contributed by atoms with Crippen LogP contribution in [-0.2, 0) is 9.47 Å². The Hall–Kier alpha value is -0.120. The van der Waals surface area contributed by atoms with Crippen molar-refractivity contribution in [1.82, 2.24) is 0 Å². The molecule has 3 heteroatoms. The second-order valence-corrected chi connectivity index (χ2v) is 8.15. The lowest BCUT2D eigenvalue weighted by Gasteiger charge is -2.44. The Morgan fingerprint density at radius 1 is 1.00 bits per heavy atom. The molecule has 3 atom stereocenters. The molecule has 2 aliphatic heterocycles. The maximum absolute atomic E-state index is 11.3. The summed E-state index contributed by atoms with van der Waals surface area (Å²) in [6.45, 7) is 7.02. The lowest BCUT2D eigenvalue weighted by molar-refractivity contribution is -0.146. The van der Waals surface area contributed by atoms with Gasteiger partial charge in [0.15, 0.2) is 0 Å². The van der Waals surface area contributed by atoms with Crippen LogP contribution in [0.5, 0.6) is 0 Å². The van der Waals surface area contributed by atoms with Gasteiger partial charge in [-0.25, -0.2) is 0 Å². The standard InChI is InChI=1S/C17H30O3/c1-15(2)5-3-6-17(18,8-7-15)14-4-10-20-16(12-14)9-11-19-13-16/h14,18H,3-13H2,1-2H3. The Morgan fingerprint density at radius 3 is 2.60 bits per heavy atom. The molecule has 3 nitrogen and oxygen atoms in total. The molecule has 0 aromatic carbocycles. The van der Waals surface area contributed by atoms with Crippen molar-refractivity contribution >= 4 is 0 Å². The van der Waals surface area contributed by atoms with E-state index in [4.69, 9.17) is 9.47 Å². The van der Waals surface area contributed by atoms with Gasteiger partial charge in [0.05, 0.1) is 17.8 Å². The van der Waals surface area contributed by atoms with E-state index < -0.39 is 5.60 Å². The van der Waals surface area contributed by atoms with Crippen molar-refractivity contribution in [2.45, 2.75) is 76.4 Å². The van der Waals surface area contributed by atoms with Crippen molar-refractivity contribution in [2.75, 3.05) is 19.8 Å². The van der Waals surface area contributed by atoms with Crippen LogP contribution in [0.15, 0.2) is 0 Å². The fourth-order valence-electron chi connectivity index (χ4n) is 4.44. The molecule has 20 heavy (non-hydrogen) atoms. The van der Waals surface area contributed by atoms with E-state index in [-0.39, 0.29) is 5.60 Å². The monoisotopic (exact) mass is 282 g/mol. The number of hydrogen-bond donors (Lipinski definition) is 1. The summed E-state index contributed by atoms with van der Waals surface area (Å²) in [5.41, 5.74) is -0.155. The van der Waals surface area contributed by atoms with Crippen molar-refractivity contribution in [3.8, 4) is 0 Å². The molecular formula is C17H30O3. The Kier molecular flexibility index (Phi) is 3.89. The highest BCUT2D eigenvalue weighted by Crippen LogP contribution is 2.47. The predicted octanol–water partition coefficient (Wildman–Crippen LogP) is 3.29. The Balaban J connectivity index is 1.70. The topological polar surface area (TPSA) is 38.7 Å². The highest BCUT2D eigenvalue weighted by atomic mass is 16.6. The van der Waals surface area contributed by atoms with E-state index in [9.17, 15) is 5.11 Å². The van der Waals surface area contributed by atoms with Crippen LogP contribution in [-0.4, -0.2) is 36.1 Å². The van der Waals surface area contributed by atoms with E-state index >= 15 is 0 Å². The van der Waals surface area contributed by atoms with Crippen molar-refractivity contribution in [3.63, 3.8) is 0 Å². The smallest absolute Gasteiger partial charge is 0.0940 e. The first-order valence-corrected chi connectivity index (χ1v) is 8.37. The molecule has 0 aromatic rings. The first kappa shape index (κ1) is 14.8. The van der Waals surface area contributed by atoms with Gasteiger partial charge >= 0.3 is 0 Å². The number of ether oxygens (including phenoxy) is 2. The predicted molar refractivity (Wildman–Crippen MR) is 78.7 cm³/mol. The van der Waals surface area contributed by atoms with Gasteiger partial charge in [0.1, 0.15) is 0 Å². The van der Waals surface area contributed by atoms with Gasteiger partial charge in [-0.15, -0.1) is 0 Å². The second-order valence-electron chi connectivity index (χ2n) is 8.15. The molecule has 2 heterocycles. The van der Waals surface area contributed by atoms with Crippen molar-refractivity contribution < 1.29 is 14.6 Å². The SMILES string of the molecule is CC1(C)CCCC(O)(C2CCOC3(CCOC3)C2)CC1. The van der Waals surface area contributed by atoms with Gasteiger partial charge in [-0.05, 0) is 49.9 Å². The van der Waals surface area contributed by atoms with E-state index in [1.54, 1.807) is 0 Å². The van der Waals surface area contributed by atoms with E-state index in [0.717, 1.165) is 64.8 Å². The molecule has 0 radical (unpaired) electrons. The average Bonchev–Trinajstić information content (AvgIpc) is 2.78. The summed E-state index contributed by atoms with van der Waals surface area (Å²) in [6.07, 6.45) is 8.48. The first-order chi connectivity index (χ1) is 9.43. The zero-order valence-corrected chi connectivity index (χ0v) is 13.1. The molecule has 0 bridgehead atoms. The van der Waals surface area contributed by atoms with Crippen LogP contribution in [0.1, 0.15) is 65.2 Å². The van der Waals surface area contributed by atoms with Gasteiger partial charge < -0.3 is 14.6 Å². The molecule has 116 valence electrons. The summed E-state index contributed by atoms with van der Waals surface area (Å²) in [5, 5.41) is 11.3. The average molecular weight is 282 g/mol. The summed E-state index contributed by atoms with van der Waals surface area (Å²) in [5.74, 6) is 0.395. The molecule has 3 unspecified atom stereocenters. The lowest BCUT2D eigenvalue weighted by Crippen LogP contribution is -2.49. The Bertz CT molecular complexity index is 346. The molecule has 3 aliphatic rings. The fraction of sp³-hybridized carbons (Fsp3) is 1.00. The lowest BCUT2D eigenvalue weighted by atomic mass is 9.71. The highest BCUT2D eigenvalue weighted by molar-refractivity contribution is 4.99. The third-order valence-electron chi connectivity index (χ3n) is 6.02. The third kappa shape index (κ3) is 2.90. The van der Waals surface area contributed by atoms with Crippen LogP contribution in [0.25, 0.3) is 0 Å². The second kappa shape index (κ2) is 5.26. The van der Waals surface area contributed by atoms with Crippen molar-refractivity contribution in [1.29, 1.82) is 0 Å². The van der Waals surface area contributed by atoms with Gasteiger partial charge in [0.2, 0.25) is 0 Å². The summed E-state index contributed by atoms with van der Waals surface area (Å²) < 4.78 is 11.6. The molecule has 0 amide bonds. The minimum atomic E-state index is -0.465. The highest BCUT2D eigenvalue weighted by Gasteiger charge is 2.48. The summed E-state index contributed by atoms with van der Waals surface area (Å²) in [6, 6.07) is 0. The van der Waals surface area contributed by atoms with Crippen LogP contribution in [0.3, 0.4) is 0 Å². The molecule has 1 N–H and O–H groups in total. The van der Waals surface area contributed by atoms with Gasteiger partial charge in [-0.3, -0.25) is 0 Å². The number of rotatable bonds is 1. The quantitative estimate of drug-likeness (QED) is 0.750. The summed E-state index contributed by atoms with van der Waals surface area (Å²) in [4.78, 5) is 0. The van der Waals surface area contributed by atoms with E-state index in [1.165, 1.54) is 6.42 Å². The van der Waals surface area contributed by atoms with E-state index in [0.29, 0.717) is 11.3 Å². The Morgan fingerprint density at radius 2 is 1.85 bits per heavy atom. The molecule has 1 saturated carbocycles. The van der Waals surface area contributed by atoms with Crippen LogP contribution < -0.4 is 0 Å². The summed E-state index contributed by atoms with van der Waals surface area (Å²) >= 11 is 0. The first-order valence-electron chi connectivity index (χ1n) is 8.37. The fourth-order valence-corrected chi connectivity index (χ4v) is 4.44. The van der Waals surface area contributed by atoms with Crippen molar-refractivity contribution in [2.24, 2.45) is 11.3 Å². The van der Waals surface area contributed by atoms with Gasteiger partial charge in [-0.2, -0.15) is 0 Å². The molecule has 3 fully saturated rings. The number of hydrogen-bond acceptors (Lipinski definition) is 3. The molecule has 3 rings (SSSR count). The van der Waals surface area contributed by atoms with E-state index in [1.807, 2.05) is 0 Å². The van der Waals surface area contributed by atoms with Crippen LogP contribution in [0, 0.1) is 11.3 Å². The van der Waals surface area contributed by atoms with Crippen LogP contribution in [0.2, 0.25) is 0 Å². The molecule has 1 aliphatic carbocycles. The minimum absolute atomic E-state index is 0.0829. The largest absolute Gasteiger partial charge is 0.390 e. The Labute approximate surface area is 123 Å². The van der Waals surface area contributed by atoms with Gasteiger partial charge in [0, 0.05) is 19.6 Å². The van der Waals surface area contributed by atoms with Crippen molar-refractivity contribution in [3.05, 3.63) is 0 Å². The molecule has 0 aromatic heterocycles. The van der Waals surface area contributed by atoms with Crippen LogP contribution >= 0.6 is 0 Å². The van der Waals surface area contributed by atoms with Gasteiger partial charge in [0.25, 0.3) is 0 Å². The zero-order valence-electron chi connectivity index (χ0n) is 13.1. The maximum Gasteiger partial charge on any atom is 0.0940 e. The molecule has 1 spiro atoms. The zero-order chi connectivity index (χ0) is 14.3. The maximum atomic E-state index is 11.3. The van der Waals surface area contributed by atoms with Gasteiger partial charge in [-0.1, -0.05) is 20.3 Å². The van der Waals surface area contributed by atoms with Crippen LogP contribution in [0.4, 0.5) is 0 Å². The molecular weight excluding hydrogens is 252 g/mol. The normalized spacial score (nSPS) is 45.5. The summed E-state index contributed by atoms with van der Waals surface area (Å²) in [7, 11) is 0. The minimum Gasteiger partial charge on any atom is -0.390 e. The molecule has 2 saturated heterocycles.